The number of H-pyrrole nitrogens is 1. The molecule has 0 saturated carbocycles. The van der Waals surface area contributed by atoms with Crippen LogP contribution in [-0.4, -0.2) is 21.1 Å². The first kappa shape index (κ1) is 17.0. The fraction of sp³-hybridized carbons (Fsp3) is 0.143. The maximum Gasteiger partial charge on any atom is 0.327 e. The third-order valence-electron chi connectivity index (χ3n) is 4.36. The van der Waals surface area contributed by atoms with Gasteiger partial charge in [0.1, 0.15) is 11.6 Å². The number of para-hydroxylation sites is 1. The van der Waals surface area contributed by atoms with E-state index in [1.807, 2.05) is 37.3 Å². The van der Waals surface area contributed by atoms with Crippen molar-refractivity contribution in [1.29, 1.82) is 0 Å². The van der Waals surface area contributed by atoms with Crippen LogP contribution in [0, 0.1) is 5.82 Å². The number of nitrogens with zero attached hydrogens (tertiary/aromatic N) is 2. The Bertz CT molecular complexity index is 1160. The van der Waals surface area contributed by atoms with Crippen molar-refractivity contribution in [2.24, 2.45) is 0 Å². The molecule has 0 saturated heterocycles. The summed E-state index contributed by atoms with van der Waals surface area (Å²) in [5.74, 6) is 0.431. The predicted octanol–water partition coefficient (Wildman–Crippen LogP) is 3.98. The van der Waals surface area contributed by atoms with Gasteiger partial charge in [0.25, 0.3) is 0 Å². The van der Waals surface area contributed by atoms with Gasteiger partial charge < -0.3 is 4.74 Å². The normalized spacial score (nSPS) is 11.0. The SMILES string of the molecule is CCOc1ccccc1-c1cnc2[nH]c(=O)n(Cc3cccc(F)c3)c2c1. The van der Waals surface area contributed by atoms with E-state index in [0.717, 1.165) is 16.9 Å². The molecule has 1 N–H and O–H groups in total. The molecule has 0 radical (unpaired) electrons. The summed E-state index contributed by atoms with van der Waals surface area (Å²) in [6.45, 7) is 2.75. The van der Waals surface area contributed by atoms with E-state index in [4.69, 9.17) is 4.74 Å². The van der Waals surface area contributed by atoms with Crippen LogP contribution in [0.5, 0.6) is 5.75 Å². The lowest BCUT2D eigenvalue weighted by atomic mass is 10.1. The van der Waals surface area contributed by atoms with E-state index in [2.05, 4.69) is 9.97 Å². The van der Waals surface area contributed by atoms with E-state index in [1.54, 1.807) is 22.9 Å². The Balaban J connectivity index is 1.82. The van der Waals surface area contributed by atoms with Gasteiger partial charge in [-0.05, 0) is 36.8 Å². The van der Waals surface area contributed by atoms with Crippen molar-refractivity contribution < 1.29 is 9.13 Å². The van der Waals surface area contributed by atoms with Crippen molar-refractivity contribution in [2.75, 3.05) is 6.61 Å². The summed E-state index contributed by atoms with van der Waals surface area (Å²) in [5, 5.41) is 0. The highest BCUT2D eigenvalue weighted by Gasteiger charge is 2.12. The summed E-state index contributed by atoms with van der Waals surface area (Å²) < 4.78 is 20.8. The monoisotopic (exact) mass is 363 g/mol. The molecule has 0 aliphatic heterocycles. The number of imidazole rings is 1. The summed E-state index contributed by atoms with van der Waals surface area (Å²) in [4.78, 5) is 19.5. The van der Waals surface area contributed by atoms with E-state index in [-0.39, 0.29) is 18.1 Å². The molecule has 2 heterocycles. The number of aromatic nitrogens is 3. The van der Waals surface area contributed by atoms with Crippen LogP contribution >= 0.6 is 0 Å². The van der Waals surface area contributed by atoms with Gasteiger partial charge in [-0.3, -0.25) is 9.55 Å². The second-order valence-corrected chi connectivity index (χ2v) is 6.17. The van der Waals surface area contributed by atoms with Gasteiger partial charge >= 0.3 is 5.69 Å². The average molecular weight is 363 g/mol. The van der Waals surface area contributed by atoms with Crippen molar-refractivity contribution in [3.05, 3.63) is 82.7 Å². The first-order chi connectivity index (χ1) is 13.2. The zero-order valence-corrected chi connectivity index (χ0v) is 14.8. The van der Waals surface area contributed by atoms with E-state index >= 15 is 0 Å². The van der Waals surface area contributed by atoms with Gasteiger partial charge in [-0.25, -0.2) is 14.2 Å². The Morgan fingerprint density at radius 1 is 1.15 bits per heavy atom. The highest BCUT2D eigenvalue weighted by molar-refractivity contribution is 5.80. The molecule has 0 spiro atoms. The highest BCUT2D eigenvalue weighted by atomic mass is 19.1. The molecule has 0 bridgehead atoms. The summed E-state index contributed by atoms with van der Waals surface area (Å²) in [6, 6.07) is 15.8. The van der Waals surface area contributed by atoms with Gasteiger partial charge in [-0.2, -0.15) is 0 Å². The summed E-state index contributed by atoms with van der Waals surface area (Å²) in [6.07, 6.45) is 1.71. The van der Waals surface area contributed by atoms with Gasteiger partial charge in [0.05, 0.1) is 18.7 Å². The maximum absolute atomic E-state index is 13.5. The molecule has 2 aromatic heterocycles. The van der Waals surface area contributed by atoms with Crippen molar-refractivity contribution in [2.45, 2.75) is 13.5 Å². The van der Waals surface area contributed by atoms with Gasteiger partial charge in [0, 0.05) is 17.3 Å². The number of benzene rings is 2. The summed E-state index contributed by atoms with van der Waals surface area (Å²) in [7, 11) is 0. The maximum atomic E-state index is 13.5. The number of aromatic amines is 1. The summed E-state index contributed by atoms with van der Waals surface area (Å²) in [5.41, 5.74) is 3.33. The molecule has 0 amide bonds. The van der Waals surface area contributed by atoms with E-state index < -0.39 is 0 Å². The largest absolute Gasteiger partial charge is 0.493 e. The van der Waals surface area contributed by atoms with Crippen molar-refractivity contribution >= 4 is 11.2 Å². The number of rotatable bonds is 5. The van der Waals surface area contributed by atoms with Crippen LogP contribution in [-0.2, 0) is 6.54 Å². The molecule has 5 nitrogen and oxygen atoms in total. The predicted molar refractivity (Wildman–Crippen MR) is 102 cm³/mol. The quantitative estimate of drug-likeness (QED) is 0.583. The smallest absolute Gasteiger partial charge is 0.327 e. The molecule has 136 valence electrons. The Hall–Kier alpha value is -3.41. The molecule has 4 aromatic rings. The number of hydrogen-bond acceptors (Lipinski definition) is 3. The topological polar surface area (TPSA) is 59.9 Å². The lowest BCUT2D eigenvalue weighted by Gasteiger charge is -2.10. The number of pyridine rings is 1. The van der Waals surface area contributed by atoms with Crippen molar-refractivity contribution in [3.8, 4) is 16.9 Å². The lowest BCUT2D eigenvalue weighted by molar-refractivity contribution is 0.341. The standard InChI is InChI=1S/C21H18FN3O2/c1-2-27-19-9-4-3-8-17(19)15-11-18-20(23-12-15)24-21(26)25(18)13-14-6-5-7-16(22)10-14/h3-12H,2,13H2,1H3,(H,23,24,26). The first-order valence-corrected chi connectivity index (χ1v) is 8.71. The van der Waals surface area contributed by atoms with Gasteiger partial charge in [-0.1, -0.05) is 30.3 Å². The van der Waals surface area contributed by atoms with Crippen molar-refractivity contribution in [3.63, 3.8) is 0 Å². The number of hydrogen-bond donors (Lipinski definition) is 1. The third kappa shape index (κ3) is 3.33. The molecule has 6 heteroatoms. The van der Waals surface area contributed by atoms with Crippen LogP contribution in [0.15, 0.2) is 65.6 Å². The van der Waals surface area contributed by atoms with E-state index in [0.29, 0.717) is 23.3 Å². The Labute approximate surface area is 155 Å². The molecule has 0 aliphatic rings. The number of nitrogens with one attached hydrogen (secondary N) is 1. The van der Waals surface area contributed by atoms with Crippen LogP contribution in [0.4, 0.5) is 4.39 Å². The molecular weight excluding hydrogens is 345 g/mol. The van der Waals surface area contributed by atoms with Crippen LogP contribution in [0.3, 0.4) is 0 Å². The van der Waals surface area contributed by atoms with Crippen LogP contribution < -0.4 is 10.4 Å². The number of halogens is 1. The number of fused-ring (bicyclic) bond motifs is 1. The molecule has 2 aromatic carbocycles. The molecular formula is C21H18FN3O2. The minimum absolute atomic E-state index is 0.259. The Kier molecular flexibility index (Phi) is 4.46. The minimum Gasteiger partial charge on any atom is -0.493 e. The third-order valence-corrected chi connectivity index (χ3v) is 4.36. The molecule has 4 rings (SSSR count). The number of ether oxygens (including phenoxy) is 1. The van der Waals surface area contributed by atoms with E-state index in [1.165, 1.54) is 12.1 Å². The Morgan fingerprint density at radius 2 is 2.00 bits per heavy atom. The van der Waals surface area contributed by atoms with Gasteiger partial charge in [0.2, 0.25) is 0 Å². The molecule has 0 aliphatic carbocycles. The van der Waals surface area contributed by atoms with Crippen LogP contribution in [0.25, 0.3) is 22.3 Å². The van der Waals surface area contributed by atoms with Crippen LogP contribution in [0.2, 0.25) is 0 Å². The van der Waals surface area contributed by atoms with Gasteiger partial charge in [0.15, 0.2) is 5.65 Å². The molecule has 0 fully saturated rings. The molecule has 0 unspecified atom stereocenters. The lowest BCUT2D eigenvalue weighted by Crippen LogP contribution is -2.17. The summed E-state index contributed by atoms with van der Waals surface area (Å²) >= 11 is 0. The fourth-order valence-corrected chi connectivity index (χ4v) is 3.14. The first-order valence-electron chi connectivity index (χ1n) is 8.71. The highest BCUT2D eigenvalue weighted by Crippen LogP contribution is 2.30. The van der Waals surface area contributed by atoms with E-state index in [9.17, 15) is 9.18 Å². The average Bonchev–Trinajstić information content (AvgIpc) is 2.97. The zero-order valence-electron chi connectivity index (χ0n) is 14.8. The minimum atomic E-state index is -0.329. The fourth-order valence-electron chi connectivity index (χ4n) is 3.14. The molecule has 0 atom stereocenters. The molecule has 27 heavy (non-hydrogen) atoms. The van der Waals surface area contributed by atoms with Crippen LogP contribution in [0.1, 0.15) is 12.5 Å². The van der Waals surface area contributed by atoms with Gasteiger partial charge in [-0.15, -0.1) is 0 Å². The Morgan fingerprint density at radius 3 is 2.81 bits per heavy atom. The zero-order chi connectivity index (χ0) is 18.8. The van der Waals surface area contributed by atoms with Crippen molar-refractivity contribution in [1.82, 2.24) is 14.5 Å². The second-order valence-electron chi connectivity index (χ2n) is 6.17. The second kappa shape index (κ2) is 7.07.